The summed E-state index contributed by atoms with van der Waals surface area (Å²) in [6.07, 6.45) is 4.01. The third-order valence-corrected chi connectivity index (χ3v) is 4.40. The molecule has 2 unspecified atom stereocenters. The number of amides is 3. The number of urea groups is 1. The van der Waals surface area contributed by atoms with Gasteiger partial charge in [-0.25, -0.2) is 4.79 Å². The minimum absolute atomic E-state index is 0.0848. The number of carbonyl (C=O) groups is 2. The zero-order valence-corrected chi connectivity index (χ0v) is 14.3. The van der Waals surface area contributed by atoms with Crippen molar-refractivity contribution in [1.29, 1.82) is 0 Å². The van der Waals surface area contributed by atoms with Crippen molar-refractivity contribution in [2.75, 3.05) is 20.6 Å². The van der Waals surface area contributed by atoms with Gasteiger partial charge in [-0.3, -0.25) is 4.79 Å². The SMILES string of the molecule is CC(NC(=O)N1CCCC1CCc1ccccc1)C(=O)N(C)C. The largest absolute Gasteiger partial charge is 0.347 e. The first-order valence-corrected chi connectivity index (χ1v) is 8.31. The number of nitrogens with one attached hydrogen (secondary N) is 1. The van der Waals surface area contributed by atoms with E-state index in [1.807, 2.05) is 23.1 Å². The first-order valence-electron chi connectivity index (χ1n) is 8.31. The van der Waals surface area contributed by atoms with Crippen LogP contribution < -0.4 is 5.32 Å². The first kappa shape index (κ1) is 17.3. The Kier molecular flexibility index (Phi) is 6.02. The molecule has 1 N–H and O–H groups in total. The lowest BCUT2D eigenvalue weighted by Crippen LogP contribution is -2.50. The molecule has 5 heteroatoms. The molecule has 1 aliphatic rings. The van der Waals surface area contributed by atoms with E-state index < -0.39 is 6.04 Å². The van der Waals surface area contributed by atoms with Crippen LogP contribution in [0.25, 0.3) is 0 Å². The molecule has 0 radical (unpaired) electrons. The second-order valence-electron chi connectivity index (χ2n) is 6.42. The van der Waals surface area contributed by atoms with E-state index in [-0.39, 0.29) is 18.0 Å². The van der Waals surface area contributed by atoms with Gasteiger partial charge < -0.3 is 15.1 Å². The second kappa shape index (κ2) is 7.99. The fourth-order valence-corrected chi connectivity index (χ4v) is 3.10. The zero-order chi connectivity index (χ0) is 16.8. The highest BCUT2D eigenvalue weighted by Gasteiger charge is 2.30. The molecule has 126 valence electrons. The van der Waals surface area contributed by atoms with E-state index in [2.05, 4.69) is 17.4 Å². The molecular weight excluding hydrogens is 290 g/mol. The molecule has 0 spiro atoms. The lowest BCUT2D eigenvalue weighted by molar-refractivity contribution is -0.130. The molecule has 1 aromatic rings. The molecule has 2 rings (SSSR count). The van der Waals surface area contributed by atoms with Crippen LogP contribution in [0.5, 0.6) is 0 Å². The quantitative estimate of drug-likeness (QED) is 0.906. The predicted octanol–water partition coefficient (Wildman–Crippen LogP) is 2.27. The minimum atomic E-state index is -0.493. The van der Waals surface area contributed by atoms with Crippen molar-refractivity contribution < 1.29 is 9.59 Å². The van der Waals surface area contributed by atoms with Crippen LogP contribution in [0.2, 0.25) is 0 Å². The van der Waals surface area contributed by atoms with Crippen LogP contribution in [-0.2, 0) is 11.2 Å². The van der Waals surface area contributed by atoms with Gasteiger partial charge in [0.2, 0.25) is 5.91 Å². The smallest absolute Gasteiger partial charge is 0.318 e. The van der Waals surface area contributed by atoms with E-state index in [1.54, 1.807) is 21.0 Å². The summed E-state index contributed by atoms with van der Waals surface area (Å²) >= 11 is 0. The Morgan fingerprint density at radius 3 is 2.65 bits per heavy atom. The van der Waals surface area contributed by atoms with Gasteiger partial charge in [0.05, 0.1) is 0 Å². The van der Waals surface area contributed by atoms with Gasteiger partial charge in [0, 0.05) is 26.7 Å². The maximum Gasteiger partial charge on any atom is 0.318 e. The molecule has 3 amide bonds. The number of likely N-dealkylation sites (N-methyl/N-ethyl adjacent to an activating group) is 1. The molecule has 0 bridgehead atoms. The fourth-order valence-electron chi connectivity index (χ4n) is 3.10. The normalized spacial score (nSPS) is 18.6. The van der Waals surface area contributed by atoms with Crippen molar-refractivity contribution in [1.82, 2.24) is 15.1 Å². The van der Waals surface area contributed by atoms with Crippen molar-refractivity contribution >= 4 is 11.9 Å². The Morgan fingerprint density at radius 2 is 2.00 bits per heavy atom. The van der Waals surface area contributed by atoms with Crippen molar-refractivity contribution in [2.45, 2.75) is 44.7 Å². The highest BCUT2D eigenvalue weighted by atomic mass is 16.2. The molecule has 1 saturated heterocycles. The number of benzene rings is 1. The number of hydrogen-bond acceptors (Lipinski definition) is 2. The van der Waals surface area contributed by atoms with Crippen molar-refractivity contribution in [3.63, 3.8) is 0 Å². The van der Waals surface area contributed by atoms with E-state index >= 15 is 0 Å². The van der Waals surface area contributed by atoms with Crippen LogP contribution in [-0.4, -0.2) is 54.5 Å². The van der Waals surface area contributed by atoms with E-state index in [9.17, 15) is 9.59 Å². The van der Waals surface area contributed by atoms with Gasteiger partial charge in [-0.05, 0) is 38.2 Å². The summed E-state index contributed by atoms with van der Waals surface area (Å²) < 4.78 is 0. The predicted molar refractivity (Wildman–Crippen MR) is 91.2 cm³/mol. The first-order chi connectivity index (χ1) is 11.0. The Morgan fingerprint density at radius 1 is 1.30 bits per heavy atom. The van der Waals surface area contributed by atoms with Crippen LogP contribution >= 0.6 is 0 Å². The van der Waals surface area contributed by atoms with Crippen molar-refractivity contribution in [3.8, 4) is 0 Å². The van der Waals surface area contributed by atoms with Gasteiger partial charge in [-0.2, -0.15) is 0 Å². The van der Waals surface area contributed by atoms with Gasteiger partial charge in [0.15, 0.2) is 0 Å². The Hall–Kier alpha value is -2.04. The third kappa shape index (κ3) is 4.71. The van der Waals surface area contributed by atoms with Gasteiger partial charge >= 0.3 is 6.03 Å². The van der Waals surface area contributed by atoms with E-state index in [0.717, 1.165) is 32.2 Å². The van der Waals surface area contributed by atoms with Crippen LogP contribution in [0.15, 0.2) is 30.3 Å². The molecule has 0 aromatic heterocycles. The van der Waals surface area contributed by atoms with Crippen LogP contribution in [0.4, 0.5) is 4.79 Å². The molecule has 1 aliphatic heterocycles. The molecular formula is C18H27N3O2. The highest BCUT2D eigenvalue weighted by molar-refractivity contribution is 5.86. The number of carbonyl (C=O) groups excluding carboxylic acids is 2. The molecule has 1 aromatic carbocycles. The van der Waals surface area contributed by atoms with Gasteiger partial charge in [0.1, 0.15) is 6.04 Å². The number of nitrogens with zero attached hydrogens (tertiary/aromatic N) is 2. The standard InChI is InChI=1S/C18H27N3O2/c1-14(17(22)20(2)3)19-18(23)21-13-7-10-16(21)12-11-15-8-5-4-6-9-15/h4-6,8-9,14,16H,7,10-13H2,1-3H3,(H,19,23). The van der Waals surface area contributed by atoms with Gasteiger partial charge in [-0.15, -0.1) is 0 Å². The summed E-state index contributed by atoms with van der Waals surface area (Å²) in [5.41, 5.74) is 1.30. The number of rotatable bonds is 5. The Bertz CT molecular complexity index is 530. The van der Waals surface area contributed by atoms with Gasteiger partial charge in [-0.1, -0.05) is 30.3 Å². The highest BCUT2D eigenvalue weighted by Crippen LogP contribution is 2.22. The molecule has 0 saturated carbocycles. The zero-order valence-electron chi connectivity index (χ0n) is 14.3. The molecule has 23 heavy (non-hydrogen) atoms. The van der Waals surface area contributed by atoms with E-state index in [4.69, 9.17) is 0 Å². The van der Waals surface area contributed by atoms with Gasteiger partial charge in [0.25, 0.3) is 0 Å². The topological polar surface area (TPSA) is 52.7 Å². The summed E-state index contributed by atoms with van der Waals surface area (Å²) in [5, 5.41) is 2.83. The number of hydrogen-bond donors (Lipinski definition) is 1. The lowest BCUT2D eigenvalue weighted by Gasteiger charge is -2.27. The maximum atomic E-state index is 12.4. The summed E-state index contributed by atoms with van der Waals surface area (Å²) in [5.74, 6) is -0.0848. The molecule has 1 fully saturated rings. The minimum Gasteiger partial charge on any atom is -0.347 e. The average Bonchev–Trinajstić information content (AvgIpc) is 3.01. The fraction of sp³-hybridized carbons (Fsp3) is 0.556. The summed E-state index contributed by atoms with van der Waals surface area (Å²) in [4.78, 5) is 27.7. The summed E-state index contributed by atoms with van der Waals surface area (Å²) in [6, 6.07) is 10.00. The second-order valence-corrected chi connectivity index (χ2v) is 6.42. The number of likely N-dealkylation sites (tertiary alicyclic amines) is 1. The lowest BCUT2D eigenvalue weighted by atomic mass is 10.0. The molecule has 0 aliphatic carbocycles. The van der Waals surface area contributed by atoms with Crippen molar-refractivity contribution in [3.05, 3.63) is 35.9 Å². The summed E-state index contributed by atoms with van der Waals surface area (Å²) in [6.45, 7) is 2.50. The Balaban J connectivity index is 1.87. The summed E-state index contributed by atoms with van der Waals surface area (Å²) in [7, 11) is 3.40. The van der Waals surface area contributed by atoms with Crippen LogP contribution in [0.3, 0.4) is 0 Å². The van der Waals surface area contributed by atoms with Crippen LogP contribution in [0.1, 0.15) is 31.7 Å². The molecule has 2 atom stereocenters. The Labute approximate surface area is 138 Å². The average molecular weight is 317 g/mol. The van der Waals surface area contributed by atoms with Crippen LogP contribution in [0, 0.1) is 0 Å². The molecule has 1 heterocycles. The molecule has 5 nitrogen and oxygen atoms in total. The van der Waals surface area contributed by atoms with E-state index in [0.29, 0.717) is 0 Å². The monoisotopic (exact) mass is 317 g/mol. The third-order valence-electron chi connectivity index (χ3n) is 4.40. The van der Waals surface area contributed by atoms with Crippen molar-refractivity contribution in [2.24, 2.45) is 0 Å². The van der Waals surface area contributed by atoms with E-state index in [1.165, 1.54) is 10.5 Å². The maximum absolute atomic E-state index is 12.4. The number of aryl methyl sites for hydroxylation is 1.